The zero-order valence-corrected chi connectivity index (χ0v) is 15.2. The molecule has 1 amide bonds. The fourth-order valence-corrected chi connectivity index (χ4v) is 4.47. The van der Waals surface area contributed by atoms with Crippen molar-refractivity contribution in [3.05, 3.63) is 29.8 Å². The number of para-hydroxylation sites is 1. The molecule has 4 rings (SSSR count). The molecule has 2 saturated heterocycles. The van der Waals surface area contributed by atoms with Crippen LogP contribution in [-0.4, -0.2) is 44.1 Å². The van der Waals surface area contributed by atoms with Gasteiger partial charge in [-0.25, -0.2) is 0 Å². The summed E-state index contributed by atoms with van der Waals surface area (Å²) in [6, 6.07) is 8.02. The predicted octanol–water partition coefficient (Wildman–Crippen LogP) is 2.75. The second-order valence-electron chi connectivity index (χ2n) is 7.50. The summed E-state index contributed by atoms with van der Waals surface area (Å²) in [5.41, 5.74) is 1.22. The first-order valence-corrected chi connectivity index (χ1v) is 8.83. The minimum absolute atomic E-state index is 0. The van der Waals surface area contributed by atoms with Crippen molar-refractivity contribution < 1.29 is 9.53 Å². The Hall–Kier alpha value is -1.26. The SMILES string of the molecule is COc1ccccc1C1(C(=O)N2CCC3(CCNC3)CC2)CC1.Cl. The Kier molecular flexibility index (Phi) is 4.80. The van der Waals surface area contributed by atoms with Gasteiger partial charge in [-0.1, -0.05) is 18.2 Å². The highest BCUT2D eigenvalue weighted by Gasteiger charge is 2.55. The minimum Gasteiger partial charge on any atom is -0.496 e. The van der Waals surface area contributed by atoms with Gasteiger partial charge in [0.15, 0.2) is 0 Å². The highest BCUT2D eigenvalue weighted by atomic mass is 35.5. The maximum Gasteiger partial charge on any atom is 0.233 e. The topological polar surface area (TPSA) is 41.6 Å². The van der Waals surface area contributed by atoms with Crippen LogP contribution in [0.1, 0.15) is 37.7 Å². The van der Waals surface area contributed by atoms with Crippen LogP contribution in [0.2, 0.25) is 0 Å². The largest absolute Gasteiger partial charge is 0.496 e. The molecule has 2 aliphatic heterocycles. The van der Waals surface area contributed by atoms with Gasteiger partial charge in [0.1, 0.15) is 5.75 Å². The Balaban J connectivity index is 0.00000169. The van der Waals surface area contributed by atoms with Crippen LogP contribution in [0.3, 0.4) is 0 Å². The molecule has 1 aliphatic carbocycles. The molecule has 5 heteroatoms. The van der Waals surface area contributed by atoms with E-state index >= 15 is 0 Å². The van der Waals surface area contributed by atoms with E-state index in [0.717, 1.165) is 63.2 Å². The number of hydrogen-bond acceptors (Lipinski definition) is 3. The van der Waals surface area contributed by atoms with Crippen molar-refractivity contribution in [3.8, 4) is 5.75 Å². The molecule has 0 unspecified atom stereocenters. The number of carbonyl (C=O) groups is 1. The number of nitrogens with one attached hydrogen (secondary N) is 1. The number of amides is 1. The van der Waals surface area contributed by atoms with Crippen LogP contribution in [0.4, 0.5) is 0 Å². The monoisotopic (exact) mass is 350 g/mol. The van der Waals surface area contributed by atoms with E-state index in [1.165, 1.54) is 6.42 Å². The third-order valence-electron chi connectivity index (χ3n) is 6.23. The molecule has 0 atom stereocenters. The van der Waals surface area contributed by atoms with Crippen LogP contribution in [0.25, 0.3) is 0 Å². The highest BCUT2D eigenvalue weighted by molar-refractivity contribution is 5.92. The molecule has 3 fully saturated rings. The summed E-state index contributed by atoms with van der Waals surface area (Å²) in [6.07, 6.45) is 5.47. The number of hydrogen-bond donors (Lipinski definition) is 1. The molecule has 4 nitrogen and oxygen atoms in total. The number of halogens is 1. The number of nitrogens with zero attached hydrogens (tertiary/aromatic N) is 1. The normalized spacial score (nSPS) is 23.6. The molecule has 1 aromatic rings. The van der Waals surface area contributed by atoms with E-state index in [4.69, 9.17) is 4.74 Å². The molecule has 1 saturated carbocycles. The molecule has 24 heavy (non-hydrogen) atoms. The molecule has 0 radical (unpaired) electrons. The first-order chi connectivity index (χ1) is 11.2. The summed E-state index contributed by atoms with van der Waals surface area (Å²) in [5, 5.41) is 3.49. The molecular weight excluding hydrogens is 324 g/mol. The fourth-order valence-electron chi connectivity index (χ4n) is 4.47. The molecular formula is C19H27ClN2O2. The second-order valence-corrected chi connectivity index (χ2v) is 7.50. The van der Waals surface area contributed by atoms with Gasteiger partial charge in [-0.2, -0.15) is 0 Å². The van der Waals surface area contributed by atoms with Crippen molar-refractivity contribution in [2.75, 3.05) is 33.3 Å². The first-order valence-electron chi connectivity index (χ1n) is 8.83. The zero-order valence-electron chi connectivity index (χ0n) is 14.3. The predicted molar refractivity (Wildman–Crippen MR) is 96.9 cm³/mol. The van der Waals surface area contributed by atoms with Crippen molar-refractivity contribution in [2.45, 2.75) is 37.5 Å². The third kappa shape index (κ3) is 2.80. The summed E-state index contributed by atoms with van der Waals surface area (Å²) in [4.78, 5) is 15.3. The number of methoxy groups -OCH3 is 1. The highest BCUT2D eigenvalue weighted by Crippen LogP contribution is 2.53. The lowest BCUT2D eigenvalue weighted by Gasteiger charge is -2.40. The Labute approximate surface area is 150 Å². The average Bonchev–Trinajstić information content (AvgIpc) is 3.30. The summed E-state index contributed by atoms with van der Waals surface area (Å²) in [6.45, 7) is 4.10. The Morgan fingerprint density at radius 3 is 2.42 bits per heavy atom. The van der Waals surface area contributed by atoms with E-state index in [0.29, 0.717) is 11.3 Å². The number of ether oxygens (including phenoxy) is 1. The molecule has 0 bridgehead atoms. The third-order valence-corrected chi connectivity index (χ3v) is 6.23. The van der Waals surface area contributed by atoms with E-state index in [9.17, 15) is 4.79 Å². The number of benzene rings is 1. The fraction of sp³-hybridized carbons (Fsp3) is 0.632. The summed E-state index contributed by atoms with van der Waals surface area (Å²) in [5.74, 6) is 1.18. The molecule has 0 aromatic heterocycles. The number of carbonyl (C=O) groups excluding carboxylic acids is 1. The lowest BCUT2D eigenvalue weighted by atomic mass is 9.77. The minimum atomic E-state index is -0.314. The quantitative estimate of drug-likeness (QED) is 0.911. The van der Waals surface area contributed by atoms with Crippen LogP contribution in [0.5, 0.6) is 5.75 Å². The van der Waals surface area contributed by atoms with Crippen molar-refractivity contribution in [3.63, 3.8) is 0 Å². The maximum atomic E-state index is 13.2. The van der Waals surface area contributed by atoms with Gasteiger partial charge in [-0.15, -0.1) is 12.4 Å². The van der Waals surface area contributed by atoms with E-state index in [1.54, 1.807) is 7.11 Å². The molecule has 1 spiro atoms. The smallest absolute Gasteiger partial charge is 0.233 e. The molecule has 1 N–H and O–H groups in total. The van der Waals surface area contributed by atoms with E-state index in [1.807, 2.05) is 18.2 Å². The van der Waals surface area contributed by atoms with Gasteiger partial charge in [0.2, 0.25) is 5.91 Å². The van der Waals surface area contributed by atoms with E-state index in [-0.39, 0.29) is 17.8 Å². The van der Waals surface area contributed by atoms with E-state index < -0.39 is 0 Å². The summed E-state index contributed by atoms with van der Waals surface area (Å²) >= 11 is 0. The summed E-state index contributed by atoms with van der Waals surface area (Å²) < 4.78 is 5.51. The lowest BCUT2D eigenvalue weighted by molar-refractivity contribution is -0.136. The standard InChI is InChI=1S/C19H26N2O2.ClH/c1-23-16-5-3-2-4-15(16)19(6-7-19)17(22)21-12-9-18(10-13-21)8-11-20-14-18;/h2-5,20H,6-14H2,1H3;1H. The number of piperidine rings is 1. The van der Waals surface area contributed by atoms with Gasteiger partial charge in [0, 0.05) is 25.2 Å². The van der Waals surface area contributed by atoms with Crippen LogP contribution in [0.15, 0.2) is 24.3 Å². The van der Waals surface area contributed by atoms with E-state index in [2.05, 4.69) is 16.3 Å². The van der Waals surface area contributed by atoms with Gasteiger partial charge in [0.25, 0.3) is 0 Å². The van der Waals surface area contributed by atoms with Crippen molar-refractivity contribution >= 4 is 18.3 Å². The molecule has 3 aliphatic rings. The van der Waals surface area contributed by atoms with Gasteiger partial charge < -0.3 is 15.0 Å². The Morgan fingerprint density at radius 2 is 1.83 bits per heavy atom. The lowest BCUT2D eigenvalue weighted by Crippen LogP contribution is -2.47. The average molecular weight is 351 g/mol. The van der Waals surface area contributed by atoms with Crippen LogP contribution < -0.4 is 10.1 Å². The van der Waals surface area contributed by atoms with Crippen molar-refractivity contribution in [2.24, 2.45) is 5.41 Å². The first kappa shape index (κ1) is 17.6. The van der Waals surface area contributed by atoms with Crippen LogP contribution in [0, 0.1) is 5.41 Å². The zero-order chi connectivity index (χ0) is 15.9. The van der Waals surface area contributed by atoms with Crippen molar-refractivity contribution in [1.29, 1.82) is 0 Å². The summed E-state index contributed by atoms with van der Waals surface area (Å²) in [7, 11) is 1.69. The number of likely N-dealkylation sites (tertiary alicyclic amines) is 1. The van der Waals surface area contributed by atoms with Gasteiger partial charge in [0.05, 0.1) is 12.5 Å². The van der Waals surface area contributed by atoms with Crippen LogP contribution >= 0.6 is 12.4 Å². The van der Waals surface area contributed by atoms with Gasteiger partial charge in [-0.05, 0) is 50.1 Å². The Bertz CT molecular complexity index is 599. The molecule has 1 aromatic carbocycles. The van der Waals surface area contributed by atoms with Crippen molar-refractivity contribution in [1.82, 2.24) is 10.2 Å². The maximum absolute atomic E-state index is 13.2. The van der Waals surface area contributed by atoms with Gasteiger partial charge >= 0.3 is 0 Å². The van der Waals surface area contributed by atoms with Crippen LogP contribution in [-0.2, 0) is 10.2 Å². The molecule has 2 heterocycles. The Morgan fingerprint density at radius 1 is 1.12 bits per heavy atom. The number of rotatable bonds is 3. The second kappa shape index (κ2) is 6.57. The van der Waals surface area contributed by atoms with Gasteiger partial charge in [-0.3, -0.25) is 4.79 Å². The molecule has 132 valence electrons.